The first-order chi connectivity index (χ1) is 9.47. The lowest BCUT2D eigenvalue weighted by molar-refractivity contribution is -0.385. The van der Waals surface area contributed by atoms with E-state index in [0.29, 0.717) is 11.3 Å². The third-order valence-corrected chi connectivity index (χ3v) is 3.44. The van der Waals surface area contributed by atoms with E-state index < -0.39 is 10.7 Å². The van der Waals surface area contributed by atoms with Crippen LogP contribution in [0.15, 0.2) is 40.9 Å². The topological polar surface area (TPSA) is 55.2 Å². The van der Waals surface area contributed by atoms with Crippen LogP contribution in [0.25, 0.3) is 0 Å². The first kappa shape index (κ1) is 14.7. The molecule has 2 rings (SSSR count). The number of nitro benzene ring substituents is 1. The maximum Gasteiger partial charge on any atom is 0.274 e. The molecule has 0 aliphatic carbocycles. The van der Waals surface area contributed by atoms with Crippen molar-refractivity contribution in [1.82, 2.24) is 0 Å². The molecule has 2 aromatic rings. The van der Waals surface area contributed by atoms with Gasteiger partial charge in [-0.15, -0.1) is 0 Å². The minimum atomic E-state index is -0.541. The van der Waals surface area contributed by atoms with E-state index in [2.05, 4.69) is 21.2 Å². The largest absolute Gasteiger partial charge is 0.381 e. The van der Waals surface area contributed by atoms with Gasteiger partial charge in [-0.25, -0.2) is 4.39 Å². The average Bonchev–Trinajstić information content (AvgIpc) is 2.40. The van der Waals surface area contributed by atoms with Crippen LogP contribution in [0.3, 0.4) is 0 Å². The summed E-state index contributed by atoms with van der Waals surface area (Å²) >= 11 is 8.85. The van der Waals surface area contributed by atoms with Crippen molar-refractivity contribution in [2.75, 3.05) is 5.32 Å². The van der Waals surface area contributed by atoms with Gasteiger partial charge < -0.3 is 5.32 Å². The van der Waals surface area contributed by atoms with Crippen molar-refractivity contribution in [1.29, 1.82) is 0 Å². The Bertz CT molecular complexity index is 667. The van der Waals surface area contributed by atoms with Gasteiger partial charge in [-0.2, -0.15) is 0 Å². The molecular formula is C13H9BrClFN2O2. The number of hydrogen-bond acceptors (Lipinski definition) is 3. The van der Waals surface area contributed by atoms with E-state index in [1.54, 1.807) is 18.2 Å². The van der Waals surface area contributed by atoms with Gasteiger partial charge in [-0.05, 0) is 30.3 Å². The van der Waals surface area contributed by atoms with Gasteiger partial charge in [0.2, 0.25) is 0 Å². The molecule has 4 nitrogen and oxygen atoms in total. The van der Waals surface area contributed by atoms with Crippen LogP contribution < -0.4 is 5.32 Å². The van der Waals surface area contributed by atoms with Gasteiger partial charge in [-0.1, -0.05) is 27.5 Å². The minimum Gasteiger partial charge on any atom is -0.381 e. The molecule has 20 heavy (non-hydrogen) atoms. The maximum absolute atomic E-state index is 13.3. The molecule has 1 N–H and O–H groups in total. The van der Waals surface area contributed by atoms with Crippen molar-refractivity contribution in [2.45, 2.75) is 6.54 Å². The number of nitro groups is 1. The van der Waals surface area contributed by atoms with E-state index in [9.17, 15) is 14.5 Å². The van der Waals surface area contributed by atoms with E-state index in [4.69, 9.17) is 11.6 Å². The molecule has 0 heterocycles. The number of hydrogen-bond donors (Lipinski definition) is 1. The Hall–Kier alpha value is -1.66. The molecule has 0 aromatic heterocycles. The Kier molecular flexibility index (Phi) is 4.57. The van der Waals surface area contributed by atoms with Gasteiger partial charge in [0, 0.05) is 28.3 Å². The monoisotopic (exact) mass is 358 g/mol. The van der Waals surface area contributed by atoms with Crippen molar-refractivity contribution < 1.29 is 9.31 Å². The third kappa shape index (κ3) is 3.46. The van der Waals surface area contributed by atoms with Crippen LogP contribution in [0.1, 0.15) is 5.56 Å². The van der Waals surface area contributed by atoms with Gasteiger partial charge in [-0.3, -0.25) is 10.1 Å². The lowest BCUT2D eigenvalue weighted by atomic mass is 10.1. The molecule has 0 spiro atoms. The Morgan fingerprint density at radius 1 is 1.30 bits per heavy atom. The van der Waals surface area contributed by atoms with Crippen LogP contribution in [0, 0.1) is 15.9 Å². The molecular weight excluding hydrogens is 351 g/mol. The normalized spacial score (nSPS) is 10.3. The second kappa shape index (κ2) is 6.19. The summed E-state index contributed by atoms with van der Waals surface area (Å²) in [5.74, 6) is -0.541. The van der Waals surface area contributed by atoms with Crippen LogP contribution >= 0.6 is 27.5 Å². The summed E-state index contributed by atoms with van der Waals surface area (Å²) in [6, 6.07) is 8.94. The summed E-state index contributed by atoms with van der Waals surface area (Å²) in [6.45, 7) is 0.205. The fourth-order valence-electron chi connectivity index (χ4n) is 1.68. The molecule has 0 saturated heterocycles. The molecule has 2 aromatic carbocycles. The van der Waals surface area contributed by atoms with E-state index in [1.165, 1.54) is 18.2 Å². The van der Waals surface area contributed by atoms with Crippen LogP contribution in [-0.2, 0) is 6.54 Å². The smallest absolute Gasteiger partial charge is 0.274 e. The highest BCUT2D eigenvalue weighted by Crippen LogP contribution is 2.25. The zero-order valence-corrected chi connectivity index (χ0v) is 12.4. The highest BCUT2D eigenvalue weighted by atomic mass is 79.9. The van der Waals surface area contributed by atoms with Crippen LogP contribution in [0.5, 0.6) is 0 Å². The van der Waals surface area contributed by atoms with Gasteiger partial charge in [0.25, 0.3) is 5.69 Å². The molecule has 104 valence electrons. The summed E-state index contributed by atoms with van der Waals surface area (Å²) in [4.78, 5) is 10.5. The Morgan fingerprint density at radius 2 is 2.05 bits per heavy atom. The number of rotatable bonds is 4. The molecule has 0 saturated carbocycles. The van der Waals surface area contributed by atoms with Gasteiger partial charge >= 0.3 is 0 Å². The standard InChI is InChI=1S/C13H9BrClFN2O2/c14-9-1-4-13(18(19)20)8(5-9)7-17-10-2-3-11(15)12(16)6-10/h1-6,17H,7H2. The van der Waals surface area contributed by atoms with Gasteiger partial charge in [0.15, 0.2) is 0 Å². The second-order valence-electron chi connectivity index (χ2n) is 4.01. The molecule has 0 unspecified atom stereocenters. The molecule has 0 bridgehead atoms. The third-order valence-electron chi connectivity index (χ3n) is 2.64. The predicted octanol–water partition coefficient (Wildman–Crippen LogP) is 4.76. The van der Waals surface area contributed by atoms with Crippen molar-refractivity contribution in [2.24, 2.45) is 0 Å². The lowest BCUT2D eigenvalue weighted by Gasteiger charge is -2.08. The molecule has 0 amide bonds. The second-order valence-corrected chi connectivity index (χ2v) is 5.34. The number of anilines is 1. The average molecular weight is 360 g/mol. The first-order valence-corrected chi connectivity index (χ1v) is 6.76. The van der Waals surface area contributed by atoms with E-state index in [-0.39, 0.29) is 17.3 Å². The zero-order valence-electron chi connectivity index (χ0n) is 10.1. The SMILES string of the molecule is O=[N+]([O-])c1ccc(Br)cc1CNc1ccc(Cl)c(F)c1. The number of benzene rings is 2. The van der Waals surface area contributed by atoms with Crippen molar-refractivity contribution in [3.8, 4) is 0 Å². The predicted molar refractivity (Wildman–Crippen MR) is 79.5 cm³/mol. The number of nitrogens with one attached hydrogen (secondary N) is 1. The van der Waals surface area contributed by atoms with E-state index in [1.807, 2.05) is 0 Å². The van der Waals surface area contributed by atoms with Crippen molar-refractivity contribution in [3.63, 3.8) is 0 Å². The zero-order chi connectivity index (χ0) is 14.7. The summed E-state index contributed by atoms with van der Waals surface area (Å²) in [7, 11) is 0. The molecule has 0 atom stereocenters. The van der Waals surface area contributed by atoms with Crippen LogP contribution in [0.2, 0.25) is 5.02 Å². The molecule has 0 aliphatic heterocycles. The summed E-state index contributed by atoms with van der Waals surface area (Å²) in [5.41, 5.74) is 1.01. The van der Waals surface area contributed by atoms with Crippen LogP contribution in [0.4, 0.5) is 15.8 Å². The highest BCUT2D eigenvalue weighted by molar-refractivity contribution is 9.10. The fourth-order valence-corrected chi connectivity index (χ4v) is 2.20. The summed E-state index contributed by atoms with van der Waals surface area (Å²) in [6.07, 6.45) is 0. The first-order valence-electron chi connectivity index (χ1n) is 5.59. The maximum atomic E-state index is 13.3. The number of nitrogens with zero attached hydrogens (tertiary/aromatic N) is 1. The molecule has 0 aliphatic rings. The van der Waals surface area contributed by atoms with Crippen molar-refractivity contribution >= 4 is 38.9 Å². The fraction of sp³-hybridized carbons (Fsp3) is 0.0769. The number of halogens is 3. The summed E-state index contributed by atoms with van der Waals surface area (Å²) < 4.78 is 14.0. The van der Waals surface area contributed by atoms with E-state index >= 15 is 0 Å². The Morgan fingerprint density at radius 3 is 2.70 bits per heavy atom. The quantitative estimate of drug-likeness (QED) is 0.632. The van der Waals surface area contributed by atoms with Gasteiger partial charge in [0.1, 0.15) is 5.82 Å². The Labute approximate surface area is 127 Å². The molecule has 0 fully saturated rings. The lowest BCUT2D eigenvalue weighted by Crippen LogP contribution is -2.03. The summed E-state index contributed by atoms with van der Waals surface area (Å²) in [5, 5.41) is 13.9. The van der Waals surface area contributed by atoms with Gasteiger partial charge in [0.05, 0.1) is 9.95 Å². The molecule has 7 heteroatoms. The van der Waals surface area contributed by atoms with Crippen LogP contribution in [-0.4, -0.2) is 4.92 Å². The highest BCUT2D eigenvalue weighted by Gasteiger charge is 2.13. The molecule has 0 radical (unpaired) electrons. The minimum absolute atomic E-state index is 0.00938. The van der Waals surface area contributed by atoms with E-state index in [0.717, 1.165) is 4.47 Å². The van der Waals surface area contributed by atoms with Crippen molar-refractivity contribution in [3.05, 3.63) is 67.4 Å². The Balaban J connectivity index is 2.20.